The van der Waals surface area contributed by atoms with Crippen molar-refractivity contribution in [2.24, 2.45) is 0 Å². The number of halogens is 1. The third-order valence-electron chi connectivity index (χ3n) is 3.83. The molecular formula is C19H18FNO3S2. The molecule has 7 heteroatoms. The van der Waals surface area contributed by atoms with E-state index in [1.165, 1.54) is 30.7 Å². The first kappa shape index (κ1) is 18.8. The van der Waals surface area contributed by atoms with Crippen molar-refractivity contribution in [2.45, 2.75) is 17.6 Å². The second-order valence-corrected chi connectivity index (χ2v) is 8.44. The number of para-hydroxylation sites is 1. The van der Waals surface area contributed by atoms with Crippen LogP contribution in [0.15, 0.2) is 48.5 Å². The van der Waals surface area contributed by atoms with Gasteiger partial charge in [-0.3, -0.25) is 4.79 Å². The predicted molar refractivity (Wildman–Crippen MR) is 104 cm³/mol. The number of amides is 1. The van der Waals surface area contributed by atoms with Crippen LogP contribution in [0, 0.1) is 5.82 Å². The van der Waals surface area contributed by atoms with E-state index in [2.05, 4.69) is 5.32 Å². The molecule has 1 aliphatic rings. The molecule has 3 rings (SSSR count). The maximum atomic E-state index is 13.6. The van der Waals surface area contributed by atoms with Crippen LogP contribution in [0.5, 0.6) is 0 Å². The van der Waals surface area contributed by atoms with Crippen LogP contribution >= 0.6 is 23.5 Å². The van der Waals surface area contributed by atoms with Gasteiger partial charge >= 0.3 is 5.97 Å². The van der Waals surface area contributed by atoms with Gasteiger partial charge in [0.25, 0.3) is 5.91 Å². The second kappa shape index (κ2) is 8.60. The lowest BCUT2D eigenvalue weighted by molar-refractivity contribution is -0.123. The minimum absolute atomic E-state index is 0.0521. The molecule has 4 nitrogen and oxygen atoms in total. The van der Waals surface area contributed by atoms with Crippen LogP contribution in [-0.2, 0) is 9.53 Å². The molecule has 1 aliphatic heterocycles. The molecule has 0 aliphatic carbocycles. The fourth-order valence-corrected chi connectivity index (χ4v) is 5.27. The van der Waals surface area contributed by atoms with E-state index < -0.39 is 23.8 Å². The molecule has 1 N–H and O–H groups in total. The third-order valence-corrected chi connectivity index (χ3v) is 6.93. The van der Waals surface area contributed by atoms with Crippen LogP contribution in [0.3, 0.4) is 0 Å². The van der Waals surface area contributed by atoms with Gasteiger partial charge < -0.3 is 10.1 Å². The first-order chi connectivity index (χ1) is 12.5. The van der Waals surface area contributed by atoms with E-state index in [1.54, 1.807) is 18.2 Å². The summed E-state index contributed by atoms with van der Waals surface area (Å²) in [6.07, 6.45) is -1.04. The first-order valence-electron chi connectivity index (χ1n) is 8.14. The number of carbonyl (C=O) groups excluding carboxylic acids is 2. The number of esters is 1. The Morgan fingerprint density at radius 3 is 2.42 bits per heavy atom. The van der Waals surface area contributed by atoms with Crippen molar-refractivity contribution in [1.29, 1.82) is 0 Å². The summed E-state index contributed by atoms with van der Waals surface area (Å²) in [5.74, 6) is 0.553. The lowest BCUT2D eigenvalue weighted by atomic mass is 10.1. The van der Waals surface area contributed by atoms with Gasteiger partial charge in [-0.25, -0.2) is 9.18 Å². The van der Waals surface area contributed by atoms with Gasteiger partial charge in [0.2, 0.25) is 0 Å². The van der Waals surface area contributed by atoms with Crippen molar-refractivity contribution in [3.05, 3.63) is 65.5 Å². The number of hydrogen-bond donors (Lipinski definition) is 1. The molecule has 1 fully saturated rings. The van der Waals surface area contributed by atoms with Crippen LogP contribution in [0.4, 0.5) is 10.1 Å². The smallest absolute Gasteiger partial charge is 0.338 e. The molecule has 0 radical (unpaired) electrons. The van der Waals surface area contributed by atoms with Gasteiger partial charge in [-0.2, -0.15) is 0 Å². The molecule has 1 heterocycles. The number of ether oxygens (including phenoxy) is 1. The average molecular weight is 391 g/mol. The summed E-state index contributed by atoms with van der Waals surface area (Å²) in [6.45, 7) is 1.45. The number of benzene rings is 2. The molecule has 0 aromatic heterocycles. The molecule has 136 valence electrons. The Morgan fingerprint density at radius 2 is 1.77 bits per heavy atom. The van der Waals surface area contributed by atoms with Gasteiger partial charge in [0.15, 0.2) is 6.10 Å². The first-order valence-corrected chi connectivity index (χ1v) is 10.2. The molecular weight excluding hydrogens is 373 g/mol. The summed E-state index contributed by atoms with van der Waals surface area (Å²) in [5.41, 5.74) is 1.60. The number of rotatable bonds is 5. The van der Waals surface area contributed by atoms with E-state index in [4.69, 9.17) is 4.74 Å². The van der Waals surface area contributed by atoms with Gasteiger partial charge in [0.1, 0.15) is 5.82 Å². The Morgan fingerprint density at radius 1 is 1.12 bits per heavy atom. The van der Waals surface area contributed by atoms with Crippen LogP contribution in [-0.4, -0.2) is 29.5 Å². The van der Waals surface area contributed by atoms with E-state index in [0.29, 0.717) is 10.1 Å². The Balaban J connectivity index is 1.58. The number of nitrogens with one attached hydrogen (secondary N) is 1. The Bertz CT molecular complexity index is 792. The van der Waals surface area contributed by atoms with Crippen molar-refractivity contribution in [1.82, 2.24) is 0 Å². The molecule has 1 saturated heterocycles. The molecule has 1 atom stereocenters. The Labute approximate surface area is 159 Å². The van der Waals surface area contributed by atoms with Crippen molar-refractivity contribution in [3.63, 3.8) is 0 Å². The summed E-state index contributed by atoms with van der Waals surface area (Å²) in [4.78, 5) is 24.3. The minimum atomic E-state index is -1.04. The summed E-state index contributed by atoms with van der Waals surface area (Å²) >= 11 is 3.78. The number of carbonyl (C=O) groups is 2. The maximum Gasteiger partial charge on any atom is 0.338 e. The summed E-state index contributed by atoms with van der Waals surface area (Å²) in [5, 5.41) is 2.42. The SMILES string of the molecule is C[C@H](OC(=O)c1ccc(C2SCCS2)cc1)C(=O)Nc1ccccc1F. The fourth-order valence-electron chi connectivity index (χ4n) is 2.41. The maximum absolute atomic E-state index is 13.6. The molecule has 0 unspecified atom stereocenters. The van der Waals surface area contributed by atoms with Crippen LogP contribution in [0.25, 0.3) is 0 Å². The van der Waals surface area contributed by atoms with Gasteiger partial charge in [-0.1, -0.05) is 24.3 Å². The lowest BCUT2D eigenvalue weighted by Crippen LogP contribution is -2.30. The molecule has 2 aromatic rings. The van der Waals surface area contributed by atoms with Crippen molar-refractivity contribution in [2.75, 3.05) is 16.8 Å². The molecule has 1 amide bonds. The van der Waals surface area contributed by atoms with Gasteiger partial charge in [-0.05, 0) is 36.8 Å². The van der Waals surface area contributed by atoms with Gasteiger partial charge in [0, 0.05) is 11.5 Å². The van der Waals surface area contributed by atoms with Crippen molar-refractivity contribution >= 4 is 41.1 Å². The number of thioether (sulfide) groups is 2. The quantitative estimate of drug-likeness (QED) is 0.761. The lowest BCUT2D eigenvalue weighted by Gasteiger charge is -2.14. The highest BCUT2D eigenvalue weighted by atomic mass is 32.2. The van der Waals surface area contributed by atoms with E-state index in [1.807, 2.05) is 35.7 Å². The third kappa shape index (κ3) is 4.59. The Kier molecular flexibility index (Phi) is 6.21. The van der Waals surface area contributed by atoms with Crippen LogP contribution in [0.1, 0.15) is 27.4 Å². The number of anilines is 1. The van der Waals surface area contributed by atoms with E-state index in [0.717, 1.165) is 11.5 Å². The minimum Gasteiger partial charge on any atom is -0.449 e. The zero-order valence-corrected chi connectivity index (χ0v) is 15.7. The number of hydrogen-bond acceptors (Lipinski definition) is 5. The molecule has 26 heavy (non-hydrogen) atoms. The standard InChI is InChI=1S/C19H18FNO3S2/c1-12(17(22)21-16-5-3-2-4-15(16)20)24-18(23)13-6-8-14(9-7-13)19-25-10-11-26-19/h2-9,12,19H,10-11H2,1H3,(H,21,22)/t12-/m0/s1. The molecule has 0 bridgehead atoms. The largest absolute Gasteiger partial charge is 0.449 e. The molecule has 2 aromatic carbocycles. The van der Waals surface area contributed by atoms with Crippen molar-refractivity contribution in [3.8, 4) is 0 Å². The fraction of sp³-hybridized carbons (Fsp3) is 0.263. The zero-order chi connectivity index (χ0) is 18.5. The zero-order valence-electron chi connectivity index (χ0n) is 14.1. The summed E-state index contributed by atoms with van der Waals surface area (Å²) in [7, 11) is 0. The van der Waals surface area contributed by atoms with Crippen molar-refractivity contribution < 1.29 is 18.7 Å². The highest BCUT2D eigenvalue weighted by Crippen LogP contribution is 2.45. The monoisotopic (exact) mass is 391 g/mol. The van der Waals surface area contributed by atoms with E-state index in [-0.39, 0.29) is 5.69 Å². The Hall–Kier alpha value is -1.99. The van der Waals surface area contributed by atoms with E-state index >= 15 is 0 Å². The topological polar surface area (TPSA) is 55.4 Å². The highest BCUT2D eigenvalue weighted by Gasteiger charge is 2.21. The van der Waals surface area contributed by atoms with E-state index in [9.17, 15) is 14.0 Å². The normalized spacial score (nSPS) is 15.5. The van der Waals surface area contributed by atoms with Gasteiger partial charge in [0.05, 0.1) is 15.8 Å². The van der Waals surface area contributed by atoms with Crippen LogP contribution < -0.4 is 5.32 Å². The second-order valence-electron chi connectivity index (χ2n) is 5.71. The average Bonchev–Trinajstić information content (AvgIpc) is 3.18. The van der Waals surface area contributed by atoms with Crippen LogP contribution in [0.2, 0.25) is 0 Å². The molecule has 0 spiro atoms. The van der Waals surface area contributed by atoms with Gasteiger partial charge in [-0.15, -0.1) is 23.5 Å². The predicted octanol–water partition coefficient (Wildman–Crippen LogP) is 4.49. The highest BCUT2D eigenvalue weighted by molar-refractivity contribution is 8.19. The summed E-state index contributed by atoms with van der Waals surface area (Å²) < 4.78 is 19.2. The summed E-state index contributed by atoms with van der Waals surface area (Å²) in [6, 6.07) is 13.1. The molecule has 0 saturated carbocycles.